The van der Waals surface area contributed by atoms with Crippen molar-refractivity contribution < 1.29 is 24.2 Å². The van der Waals surface area contributed by atoms with Gasteiger partial charge in [-0.3, -0.25) is 9.59 Å². The van der Waals surface area contributed by atoms with E-state index in [1.165, 1.54) is 12.0 Å². The van der Waals surface area contributed by atoms with Crippen LogP contribution in [0.2, 0.25) is 0 Å². The third-order valence-electron chi connectivity index (χ3n) is 3.12. The summed E-state index contributed by atoms with van der Waals surface area (Å²) in [6.45, 7) is 0.455. The van der Waals surface area contributed by atoms with E-state index in [0.717, 1.165) is 19.3 Å². The van der Waals surface area contributed by atoms with Gasteiger partial charge in [-0.2, -0.15) is 0 Å². The van der Waals surface area contributed by atoms with E-state index in [2.05, 4.69) is 4.74 Å². The number of carbonyl (C=O) groups excluding carboxylic acids is 2. The molecule has 1 amide bonds. The molecule has 18 heavy (non-hydrogen) atoms. The first-order chi connectivity index (χ1) is 8.56. The number of carboxylic acid groups (broad SMARTS) is 1. The fraction of sp³-hybridized carbons (Fsp3) is 0.750. The van der Waals surface area contributed by atoms with E-state index in [-0.39, 0.29) is 18.7 Å². The molecule has 1 heterocycles. The Hall–Kier alpha value is -1.59. The third-order valence-corrected chi connectivity index (χ3v) is 3.12. The average molecular weight is 257 g/mol. The molecule has 1 atom stereocenters. The zero-order valence-electron chi connectivity index (χ0n) is 10.6. The molecule has 1 aliphatic rings. The first-order valence-electron chi connectivity index (χ1n) is 6.15. The first-order valence-corrected chi connectivity index (χ1v) is 6.15. The molecular weight excluding hydrogens is 238 g/mol. The number of aliphatic carboxylic acids is 1. The second-order valence-corrected chi connectivity index (χ2v) is 4.37. The lowest BCUT2D eigenvalue weighted by molar-refractivity contribution is -0.151. The largest absolute Gasteiger partial charge is 0.480 e. The number of esters is 1. The minimum absolute atomic E-state index is 0.0112. The highest BCUT2D eigenvalue weighted by molar-refractivity contribution is 5.84. The maximum atomic E-state index is 11.8. The molecule has 0 aromatic carbocycles. The molecule has 0 saturated carbocycles. The van der Waals surface area contributed by atoms with Crippen LogP contribution >= 0.6 is 0 Å². The van der Waals surface area contributed by atoms with Crippen molar-refractivity contribution in [2.45, 2.75) is 44.6 Å². The van der Waals surface area contributed by atoms with E-state index >= 15 is 0 Å². The Bertz CT molecular complexity index is 328. The monoisotopic (exact) mass is 257 g/mol. The third kappa shape index (κ3) is 4.01. The highest BCUT2D eigenvalue weighted by Gasteiger charge is 2.30. The summed E-state index contributed by atoms with van der Waals surface area (Å²) in [4.78, 5) is 35.5. The Kier molecular flexibility index (Phi) is 5.61. The number of hydrogen-bond acceptors (Lipinski definition) is 4. The molecule has 0 aliphatic carbocycles. The van der Waals surface area contributed by atoms with E-state index in [4.69, 9.17) is 0 Å². The summed E-state index contributed by atoms with van der Waals surface area (Å²) < 4.78 is 4.48. The van der Waals surface area contributed by atoms with Gasteiger partial charge in [-0.15, -0.1) is 0 Å². The molecule has 1 saturated heterocycles. The number of nitrogens with zero attached hydrogens (tertiary/aromatic N) is 1. The summed E-state index contributed by atoms with van der Waals surface area (Å²) in [5, 5.41) is 9.17. The molecule has 1 N–H and O–H groups in total. The van der Waals surface area contributed by atoms with Crippen LogP contribution in [-0.2, 0) is 19.1 Å². The van der Waals surface area contributed by atoms with E-state index in [1.54, 1.807) is 0 Å². The molecule has 1 rings (SSSR count). The van der Waals surface area contributed by atoms with Crippen LogP contribution in [0.5, 0.6) is 0 Å². The molecule has 1 unspecified atom stereocenters. The smallest absolute Gasteiger partial charge is 0.326 e. The van der Waals surface area contributed by atoms with Crippen LogP contribution in [0.25, 0.3) is 0 Å². The summed E-state index contributed by atoms with van der Waals surface area (Å²) in [5.41, 5.74) is 0. The van der Waals surface area contributed by atoms with Crippen LogP contribution in [0.15, 0.2) is 0 Å². The standard InChI is InChI=1S/C12H19NO5/c1-18-11(15)7-6-9(12(16)17)13-8-4-2-3-5-10(13)14/h9H,2-8H2,1H3,(H,16,17). The van der Waals surface area contributed by atoms with Crippen molar-refractivity contribution in [1.29, 1.82) is 0 Å². The Morgan fingerprint density at radius 1 is 1.39 bits per heavy atom. The maximum absolute atomic E-state index is 11.8. The predicted octanol–water partition coefficient (Wildman–Crippen LogP) is 0.795. The number of amides is 1. The van der Waals surface area contributed by atoms with E-state index in [0.29, 0.717) is 13.0 Å². The van der Waals surface area contributed by atoms with Crippen LogP contribution in [0, 0.1) is 0 Å². The van der Waals surface area contributed by atoms with Crippen molar-refractivity contribution in [3.63, 3.8) is 0 Å². The number of rotatable bonds is 5. The van der Waals surface area contributed by atoms with Gasteiger partial charge in [0.05, 0.1) is 7.11 Å². The van der Waals surface area contributed by atoms with Crippen molar-refractivity contribution in [3.8, 4) is 0 Å². The summed E-state index contributed by atoms with van der Waals surface area (Å²) in [7, 11) is 1.26. The number of hydrogen-bond donors (Lipinski definition) is 1. The fourth-order valence-corrected chi connectivity index (χ4v) is 2.10. The quantitative estimate of drug-likeness (QED) is 0.736. The van der Waals surface area contributed by atoms with Gasteiger partial charge >= 0.3 is 11.9 Å². The van der Waals surface area contributed by atoms with Crippen LogP contribution < -0.4 is 0 Å². The first kappa shape index (κ1) is 14.5. The molecule has 0 bridgehead atoms. The second-order valence-electron chi connectivity index (χ2n) is 4.37. The molecule has 1 fully saturated rings. The average Bonchev–Trinajstić information content (AvgIpc) is 2.54. The fourth-order valence-electron chi connectivity index (χ4n) is 2.10. The normalized spacial score (nSPS) is 18.1. The predicted molar refractivity (Wildman–Crippen MR) is 62.9 cm³/mol. The highest BCUT2D eigenvalue weighted by Crippen LogP contribution is 2.17. The van der Waals surface area contributed by atoms with Crippen LogP contribution in [0.4, 0.5) is 0 Å². The number of carbonyl (C=O) groups is 3. The molecular formula is C12H19NO5. The van der Waals surface area contributed by atoms with Crippen LogP contribution in [-0.4, -0.2) is 47.5 Å². The molecule has 0 aromatic rings. The van der Waals surface area contributed by atoms with Gasteiger partial charge in [0, 0.05) is 19.4 Å². The molecule has 6 heteroatoms. The van der Waals surface area contributed by atoms with Gasteiger partial charge in [-0.25, -0.2) is 4.79 Å². The number of ether oxygens (including phenoxy) is 1. The Morgan fingerprint density at radius 2 is 2.11 bits per heavy atom. The van der Waals surface area contributed by atoms with Crippen molar-refractivity contribution in [3.05, 3.63) is 0 Å². The van der Waals surface area contributed by atoms with Gasteiger partial charge in [0.15, 0.2) is 0 Å². The Labute approximate surface area is 106 Å². The van der Waals surface area contributed by atoms with Crippen LogP contribution in [0.1, 0.15) is 38.5 Å². The lowest BCUT2D eigenvalue weighted by Gasteiger charge is -2.27. The van der Waals surface area contributed by atoms with Crippen LogP contribution in [0.3, 0.4) is 0 Å². The molecule has 1 aliphatic heterocycles. The summed E-state index contributed by atoms with van der Waals surface area (Å²) in [6.07, 6.45) is 3.06. The molecule has 0 aromatic heterocycles. The Morgan fingerprint density at radius 3 is 2.72 bits per heavy atom. The lowest BCUT2D eigenvalue weighted by atomic mass is 10.1. The summed E-state index contributed by atoms with van der Waals surface area (Å²) in [6, 6.07) is -0.922. The molecule has 6 nitrogen and oxygen atoms in total. The molecule has 102 valence electrons. The second kappa shape index (κ2) is 6.98. The van der Waals surface area contributed by atoms with E-state index in [9.17, 15) is 19.5 Å². The van der Waals surface area contributed by atoms with Crippen molar-refractivity contribution >= 4 is 17.8 Å². The Balaban J connectivity index is 2.67. The summed E-state index contributed by atoms with van der Waals surface area (Å²) >= 11 is 0. The number of likely N-dealkylation sites (tertiary alicyclic amines) is 1. The highest BCUT2D eigenvalue weighted by atomic mass is 16.5. The minimum Gasteiger partial charge on any atom is -0.480 e. The SMILES string of the molecule is COC(=O)CCC(C(=O)O)N1CCCCCC1=O. The van der Waals surface area contributed by atoms with Gasteiger partial charge < -0.3 is 14.7 Å². The molecule has 0 spiro atoms. The number of carboxylic acids is 1. The number of methoxy groups -OCH3 is 1. The van der Waals surface area contributed by atoms with Gasteiger partial charge in [-0.05, 0) is 19.3 Å². The maximum Gasteiger partial charge on any atom is 0.326 e. The van der Waals surface area contributed by atoms with Gasteiger partial charge in [0.2, 0.25) is 5.91 Å². The zero-order chi connectivity index (χ0) is 13.5. The van der Waals surface area contributed by atoms with Gasteiger partial charge in [-0.1, -0.05) is 6.42 Å². The van der Waals surface area contributed by atoms with Gasteiger partial charge in [0.1, 0.15) is 6.04 Å². The van der Waals surface area contributed by atoms with E-state index < -0.39 is 18.0 Å². The zero-order valence-corrected chi connectivity index (χ0v) is 10.6. The minimum atomic E-state index is -1.06. The van der Waals surface area contributed by atoms with Crippen molar-refractivity contribution in [2.24, 2.45) is 0 Å². The van der Waals surface area contributed by atoms with E-state index in [1.807, 2.05) is 0 Å². The molecule has 0 radical (unpaired) electrons. The topological polar surface area (TPSA) is 83.9 Å². The lowest BCUT2D eigenvalue weighted by Crippen LogP contribution is -2.45. The van der Waals surface area contributed by atoms with Crippen molar-refractivity contribution in [1.82, 2.24) is 4.90 Å². The van der Waals surface area contributed by atoms with Gasteiger partial charge in [0.25, 0.3) is 0 Å². The summed E-state index contributed by atoms with van der Waals surface area (Å²) in [5.74, 6) is -1.65. The van der Waals surface area contributed by atoms with Crippen molar-refractivity contribution in [2.75, 3.05) is 13.7 Å².